The van der Waals surface area contributed by atoms with Crippen molar-refractivity contribution in [2.45, 2.75) is 37.6 Å². The summed E-state index contributed by atoms with van der Waals surface area (Å²) < 4.78 is 16.0. The fourth-order valence-corrected chi connectivity index (χ4v) is 2.78. The van der Waals surface area contributed by atoms with Gasteiger partial charge in [0, 0.05) is 0 Å². The van der Waals surface area contributed by atoms with Crippen LogP contribution in [0.2, 0.25) is 0 Å². The highest BCUT2D eigenvalue weighted by molar-refractivity contribution is 5.78. The first kappa shape index (κ1) is 18.5. The Hall–Kier alpha value is -2.25. The number of hydrogen-bond acceptors (Lipinski definition) is 6. The molecule has 0 bridgehead atoms. The van der Waals surface area contributed by atoms with E-state index in [0.29, 0.717) is 6.61 Å². The number of rotatable bonds is 8. The smallest absolute Gasteiger partial charge is 0.338 e. The highest BCUT2D eigenvalue weighted by Gasteiger charge is 2.47. The lowest BCUT2D eigenvalue weighted by Gasteiger charge is -2.21. The Balaban J connectivity index is 1.48. The molecule has 0 aromatic heterocycles. The number of ether oxygens (including phenoxy) is 3. The zero-order valence-corrected chi connectivity index (χ0v) is 14.2. The maximum absolute atomic E-state index is 12.0. The van der Waals surface area contributed by atoms with E-state index in [1.54, 1.807) is 0 Å². The number of carbonyl (C=O) groups is 1. The molecule has 2 aromatic carbocycles. The number of benzene rings is 2. The second-order valence-electron chi connectivity index (χ2n) is 6.18. The van der Waals surface area contributed by atoms with Gasteiger partial charge in [0.05, 0.1) is 19.8 Å². The van der Waals surface area contributed by atoms with Gasteiger partial charge in [0.15, 0.2) is 12.2 Å². The first-order valence-corrected chi connectivity index (χ1v) is 8.49. The lowest BCUT2D eigenvalue weighted by atomic mass is 10.1. The predicted octanol–water partition coefficient (Wildman–Crippen LogP) is 1.44. The molecule has 2 aromatic rings. The van der Waals surface area contributed by atoms with Gasteiger partial charge in [-0.1, -0.05) is 60.7 Å². The van der Waals surface area contributed by atoms with Gasteiger partial charge in [-0.05, 0) is 11.1 Å². The van der Waals surface area contributed by atoms with E-state index < -0.39 is 30.4 Å². The van der Waals surface area contributed by atoms with Crippen molar-refractivity contribution >= 4 is 5.97 Å². The van der Waals surface area contributed by atoms with Crippen molar-refractivity contribution in [2.24, 2.45) is 0 Å². The number of carbonyl (C=O) groups excluding carboxylic acids is 1. The average molecular weight is 358 g/mol. The molecule has 6 heteroatoms. The Morgan fingerprint density at radius 1 is 0.962 bits per heavy atom. The Morgan fingerprint density at radius 2 is 1.54 bits per heavy atom. The highest BCUT2D eigenvalue weighted by Crippen LogP contribution is 2.23. The molecule has 26 heavy (non-hydrogen) atoms. The zero-order chi connectivity index (χ0) is 18.4. The van der Waals surface area contributed by atoms with Gasteiger partial charge in [-0.2, -0.15) is 0 Å². The fourth-order valence-electron chi connectivity index (χ4n) is 2.78. The van der Waals surface area contributed by atoms with Crippen LogP contribution in [-0.2, 0) is 32.2 Å². The first-order valence-electron chi connectivity index (χ1n) is 8.49. The van der Waals surface area contributed by atoms with E-state index in [1.807, 2.05) is 60.7 Å². The van der Waals surface area contributed by atoms with E-state index in [0.717, 1.165) is 11.1 Å². The third kappa shape index (κ3) is 4.68. The molecule has 1 unspecified atom stereocenters. The molecular weight excluding hydrogens is 336 g/mol. The lowest BCUT2D eigenvalue weighted by Crippen LogP contribution is -2.41. The van der Waals surface area contributed by atoms with Crippen LogP contribution in [0, 0.1) is 0 Å². The average Bonchev–Trinajstić information content (AvgIpc) is 2.95. The number of esters is 1. The molecule has 1 fully saturated rings. The lowest BCUT2D eigenvalue weighted by molar-refractivity contribution is -0.154. The van der Waals surface area contributed by atoms with E-state index in [-0.39, 0.29) is 13.2 Å². The number of aliphatic hydroxyl groups excluding tert-OH is 2. The molecule has 0 radical (unpaired) electrons. The summed E-state index contributed by atoms with van der Waals surface area (Å²) in [5, 5.41) is 20.5. The normalized spacial score (nSPS) is 23.6. The van der Waals surface area contributed by atoms with E-state index in [9.17, 15) is 15.0 Å². The summed E-state index contributed by atoms with van der Waals surface area (Å²) in [4.78, 5) is 12.0. The van der Waals surface area contributed by atoms with Crippen LogP contribution in [0.25, 0.3) is 0 Å². The second-order valence-corrected chi connectivity index (χ2v) is 6.18. The maximum Gasteiger partial charge on any atom is 0.338 e. The summed E-state index contributed by atoms with van der Waals surface area (Å²) in [5.74, 6) is -0.680. The third-order valence-electron chi connectivity index (χ3n) is 4.18. The van der Waals surface area contributed by atoms with Gasteiger partial charge in [0.1, 0.15) is 12.2 Å². The van der Waals surface area contributed by atoms with Crippen LogP contribution in [0.15, 0.2) is 60.7 Å². The van der Waals surface area contributed by atoms with Crippen LogP contribution in [0.3, 0.4) is 0 Å². The molecule has 0 saturated carbocycles. The largest absolute Gasteiger partial charge is 0.455 e. The van der Waals surface area contributed by atoms with Gasteiger partial charge in [-0.15, -0.1) is 0 Å². The van der Waals surface area contributed by atoms with Crippen molar-refractivity contribution in [1.29, 1.82) is 0 Å². The molecule has 138 valence electrons. The second kappa shape index (κ2) is 8.91. The predicted molar refractivity (Wildman–Crippen MR) is 93.0 cm³/mol. The van der Waals surface area contributed by atoms with E-state index in [1.165, 1.54) is 0 Å². The molecule has 0 aliphatic carbocycles. The number of cyclic esters (lactones) is 1. The van der Waals surface area contributed by atoms with Crippen molar-refractivity contribution < 1.29 is 29.2 Å². The van der Waals surface area contributed by atoms with Crippen LogP contribution < -0.4 is 0 Å². The molecule has 0 spiro atoms. The van der Waals surface area contributed by atoms with Gasteiger partial charge in [0.25, 0.3) is 0 Å². The van der Waals surface area contributed by atoms with Gasteiger partial charge in [0.2, 0.25) is 0 Å². The summed E-state index contributed by atoms with van der Waals surface area (Å²) in [7, 11) is 0. The number of aliphatic hydroxyl groups is 2. The summed E-state index contributed by atoms with van der Waals surface area (Å²) in [5.41, 5.74) is 1.84. The minimum Gasteiger partial charge on any atom is -0.455 e. The van der Waals surface area contributed by atoms with Crippen molar-refractivity contribution in [2.75, 3.05) is 6.61 Å². The molecule has 0 amide bonds. The minimum atomic E-state index is -1.25. The standard InChI is InChI=1S/C20H22O6/c21-16(13-24-11-14-7-3-1-4-8-14)18-17(22)19(20(23)26-18)25-12-15-9-5-2-6-10-15/h1-10,16-19,21-22H,11-13H2/t16-,17-,18+,19?/m0/s1. The minimum absolute atomic E-state index is 0.0602. The van der Waals surface area contributed by atoms with Crippen LogP contribution in [0.1, 0.15) is 11.1 Å². The summed E-state index contributed by atoms with van der Waals surface area (Å²) in [6.07, 6.45) is -4.58. The Morgan fingerprint density at radius 3 is 2.15 bits per heavy atom. The Bertz CT molecular complexity index is 690. The van der Waals surface area contributed by atoms with Gasteiger partial charge < -0.3 is 24.4 Å². The van der Waals surface area contributed by atoms with E-state index in [4.69, 9.17) is 14.2 Å². The van der Waals surface area contributed by atoms with Crippen LogP contribution in [0.5, 0.6) is 0 Å². The van der Waals surface area contributed by atoms with Gasteiger partial charge >= 0.3 is 5.97 Å². The number of hydrogen-bond donors (Lipinski definition) is 2. The molecule has 2 N–H and O–H groups in total. The third-order valence-corrected chi connectivity index (χ3v) is 4.18. The molecule has 1 aliphatic heterocycles. The molecule has 1 aliphatic rings. The fraction of sp³-hybridized carbons (Fsp3) is 0.350. The van der Waals surface area contributed by atoms with Crippen LogP contribution in [0.4, 0.5) is 0 Å². The van der Waals surface area contributed by atoms with Crippen LogP contribution in [-0.4, -0.2) is 47.2 Å². The van der Waals surface area contributed by atoms with Gasteiger partial charge in [-0.3, -0.25) is 0 Å². The Labute approximate surface area is 151 Å². The maximum atomic E-state index is 12.0. The van der Waals surface area contributed by atoms with Crippen molar-refractivity contribution in [1.82, 2.24) is 0 Å². The summed E-state index contributed by atoms with van der Waals surface area (Å²) in [6, 6.07) is 18.8. The summed E-state index contributed by atoms with van der Waals surface area (Å²) in [6.45, 7) is 0.433. The molecule has 6 nitrogen and oxygen atoms in total. The topological polar surface area (TPSA) is 85.2 Å². The molecule has 4 atom stereocenters. The van der Waals surface area contributed by atoms with Crippen molar-refractivity contribution in [3.63, 3.8) is 0 Å². The highest BCUT2D eigenvalue weighted by atomic mass is 16.6. The van der Waals surface area contributed by atoms with Gasteiger partial charge in [-0.25, -0.2) is 4.79 Å². The first-order chi connectivity index (χ1) is 12.6. The van der Waals surface area contributed by atoms with E-state index in [2.05, 4.69) is 0 Å². The molecule has 1 heterocycles. The van der Waals surface area contributed by atoms with Crippen molar-refractivity contribution in [3.05, 3.63) is 71.8 Å². The van der Waals surface area contributed by atoms with Crippen molar-refractivity contribution in [3.8, 4) is 0 Å². The molecule has 1 saturated heterocycles. The zero-order valence-electron chi connectivity index (χ0n) is 14.2. The quantitative estimate of drug-likeness (QED) is 0.695. The Kier molecular flexibility index (Phi) is 6.35. The monoisotopic (exact) mass is 358 g/mol. The summed E-state index contributed by atoms with van der Waals surface area (Å²) >= 11 is 0. The molecular formula is C20H22O6. The van der Waals surface area contributed by atoms with Crippen LogP contribution >= 0.6 is 0 Å². The SMILES string of the molecule is O=C1O[C@H]([C@@H](O)COCc2ccccc2)[C@H](O)C1OCc1ccccc1. The van der Waals surface area contributed by atoms with E-state index >= 15 is 0 Å². The molecule has 3 rings (SSSR count).